The standard InChI is InChI=1S/C26H23NO9/c27-24(33)20-17(29)9-13-7-12-8-15-14(10-2-1-3-11(6-10)25(34)35)4-5-16(28)19(15)21(30)18(12)22(31)26(13,36)23(20)32/h1-6,12-13,17,20,28-30,36H,7-9H2,(H2,27,33)(H,34,35)/t12-,13+,17?,20?,26+/m1/s1. The molecular weight excluding hydrogens is 470 g/mol. The van der Waals surface area contributed by atoms with E-state index in [-0.39, 0.29) is 41.7 Å². The second-order valence-corrected chi connectivity index (χ2v) is 9.61. The van der Waals surface area contributed by atoms with Crippen LogP contribution in [0.4, 0.5) is 0 Å². The number of phenolic OH excluding ortho intramolecular Hbond substituents is 1. The molecule has 7 N–H and O–H groups in total. The van der Waals surface area contributed by atoms with E-state index in [1.807, 2.05) is 0 Å². The predicted molar refractivity (Wildman–Crippen MR) is 124 cm³/mol. The van der Waals surface area contributed by atoms with Crippen molar-refractivity contribution in [2.24, 2.45) is 23.5 Å². The molecule has 0 bridgehead atoms. The van der Waals surface area contributed by atoms with Crippen molar-refractivity contribution in [2.45, 2.75) is 31.0 Å². The number of benzene rings is 2. The van der Waals surface area contributed by atoms with Crippen LogP contribution in [0, 0.1) is 17.8 Å². The summed E-state index contributed by atoms with van der Waals surface area (Å²) in [5.41, 5.74) is 3.90. The normalized spacial score (nSPS) is 29.3. The minimum absolute atomic E-state index is 0.0413. The highest BCUT2D eigenvalue weighted by atomic mass is 16.4. The van der Waals surface area contributed by atoms with E-state index in [0.29, 0.717) is 16.7 Å². The van der Waals surface area contributed by atoms with E-state index in [0.717, 1.165) is 0 Å². The monoisotopic (exact) mass is 493 g/mol. The van der Waals surface area contributed by atoms with Gasteiger partial charge in [-0.25, -0.2) is 4.79 Å². The van der Waals surface area contributed by atoms with Crippen molar-refractivity contribution in [3.8, 4) is 16.9 Å². The molecule has 3 aliphatic carbocycles. The minimum atomic E-state index is -2.64. The Morgan fingerprint density at radius 2 is 1.78 bits per heavy atom. The Labute approximate surface area is 204 Å². The van der Waals surface area contributed by atoms with Gasteiger partial charge in [0.2, 0.25) is 11.7 Å². The van der Waals surface area contributed by atoms with E-state index in [1.54, 1.807) is 18.2 Å². The van der Waals surface area contributed by atoms with Gasteiger partial charge in [-0.05, 0) is 60.1 Å². The van der Waals surface area contributed by atoms with Crippen LogP contribution in [0.25, 0.3) is 16.9 Å². The van der Waals surface area contributed by atoms with Crippen LogP contribution in [0.2, 0.25) is 0 Å². The molecular formula is C26H23NO9. The third-order valence-corrected chi connectivity index (χ3v) is 7.69. The zero-order valence-corrected chi connectivity index (χ0v) is 18.8. The molecule has 3 aliphatic rings. The highest BCUT2D eigenvalue weighted by Gasteiger charge is 2.63. The molecule has 2 aromatic rings. The van der Waals surface area contributed by atoms with Crippen LogP contribution in [-0.4, -0.2) is 60.7 Å². The van der Waals surface area contributed by atoms with Gasteiger partial charge in [-0.2, -0.15) is 0 Å². The summed E-state index contributed by atoms with van der Waals surface area (Å²) in [6.07, 6.45) is -1.49. The maximum Gasteiger partial charge on any atom is 0.335 e. The Morgan fingerprint density at radius 1 is 1.06 bits per heavy atom. The van der Waals surface area contributed by atoms with Crippen molar-refractivity contribution < 1.29 is 44.7 Å². The van der Waals surface area contributed by atoms with E-state index < -0.39 is 58.7 Å². The molecule has 1 amide bonds. The summed E-state index contributed by atoms with van der Waals surface area (Å²) in [7, 11) is 0. The topological polar surface area (TPSA) is 195 Å². The fourth-order valence-corrected chi connectivity index (χ4v) is 6.02. The van der Waals surface area contributed by atoms with Crippen LogP contribution in [0.5, 0.6) is 5.75 Å². The predicted octanol–water partition coefficient (Wildman–Crippen LogP) is 0.954. The Morgan fingerprint density at radius 3 is 2.44 bits per heavy atom. The fourth-order valence-electron chi connectivity index (χ4n) is 6.02. The van der Waals surface area contributed by atoms with Crippen LogP contribution in [0.15, 0.2) is 42.0 Å². The first-order valence-corrected chi connectivity index (χ1v) is 11.4. The molecule has 10 nitrogen and oxygen atoms in total. The third-order valence-electron chi connectivity index (χ3n) is 7.69. The van der Waals surface area contributed by atoms with E-state index in [9.17, 15) is 44.7 Å². The average molecular weight is 493 g/mol. The van der Waals surface area contributed by atoms with Crippen molar-refractivity contribution >= 4 is 29.2 Å². The number of carboxylic acid groups (broad SMARTS) is 1. The molecule has 0 saturated heterocycles. The summed E-state index contributed by atoms with van der Waals surface area (Å²) < 4.78 is 0. The van der Waals surface area contributed by atoms with Crippen LogP contribution >= 0.6 is 0 Å². The van der Waals surface area contributed by atoms with E-state index in [1.165, 1.54) is 18.2 Å². The number of aromatic hydroxyl groups is 1. The van der Waals surface area contributed by atoms with E-state index >= 15 is 0 Å². The Hall–Kier alpha value is -4.02. The number of aromatic carboxylic acids is 1. The van der Waals surface area contributed by atoms with Gasteiger partial charge in [-0.3, -0.25) is 14.4 Å². The lowest BCUT2D eigenvalue weighted by atomic mass is 9.56. The SMILES string of the molecule is NC(=O)C1C(=O)[C@@]2(O)C(=O)C3=C(O)c4c(O)ccc(-c5cccc(C(=O)O)c5)c4C[C@H]3C[C@H]2CC1O. The number of ketones is 2. The number of hydrogen-bond donors (Lipinski definition) is 6. The lowest BCUT2D eigenvalue weighted by Crippen LogP contribution is -2.66. The van der Waals surface area contributed by atoms with E-state index in [2.05, 4.69) is 0 Å². The zero-order valence-electron chi connectivity index (χ0n) is 18.8. The maximum absolute atomic E-state index is 13.5. The van der Waals surface area contributed by atoms with Gasteiger partial charge in [0.25, 0.3) is 0 Å². The molecule has 0 spiro atoms. The van der Waals surface area contributed by atoms with Gasteiger partial charge in [0.05, 0.1) is 17.2 Å². The highest BCUT2D eigenvalue weighted by molar-refractivity contribution is 6.24. The molecule has 5 rings (SSSR count). The van der Waals surface area contributed by atoms with Gasteiger partial charge < -0.3 is 31.3 Å². The first-order valence-electron chi connectivity index (χ1n) is 11.4. The first kappa shape index (κ1) is 23.7. The number of phenols is 1. The van der Waals surface area contributed by atoms with Gasteiger partial charge in [-0.1, -0.05) is 18.2 Å². The van der Waals surface area contributed by atoms with Crippen LogP contribution in [-0.2, 0) is 20.8 Å². The Kier molecular flexibility index (Phi) is 5.27. The van der Waals surface area contributed by atoms with Gasteiger partial charge in [-0.15, -0.1) is 0 Å². The molecule has 2 saturated carbocycles. The summed E-state index contributed by atoms with van der Waals surface area (Å²) in [5, 5.41) is 52.8. The molecule has 186 valence electrons. The molecule has 2 fully saturated rings. The highest BCUT2D eigenvalue weighted by Crippen LogP contribution is 2.52. The Bertz CT molecular complexity index is 1390. The second kappa shape index (κ2) is 8.00. The van der Waals surface area contributed by atoms with Gasteiger partial charge in [0.15, 0.2) is 11.4 Å². The molecule has 5 atom stereocenters. The van der Waals surface area contributed by atoms with E-state index in [4.69, 9.17) is 5.73 Å². The average Bonchev–Trinajstić information content (AvgIpc) is 2.81. The summed E-state index contributed by atoms with van der Waals surface area (Å²) in [5.74, 6) is -8.92. The fraction of sp³-hybridized carbons (Fsp3) is 0.308. The molecule has 2 unspecified atom stereocenters. The third kappa shape index (κ3) is 3.18. The largest absolute Gasteiger partial charge is 0.507 e. The Balaban J connectivity index is 1.67. The molecule has 0 aliphatic heterocycles. The number of carbonyl (C=O) groups is 4. The molecule has 10 heteroatoms. The summed E-state index contributed by atoms with van der Waals surface area (Å²) in [6.45, 7) is 0. The number of carbonyl (C=O) groups excluding carboxylic acids is 3. The number of hydrogen-bond acceptors (Lipinski definition) is 8. The summed E-state index contributed by atoms with van der Waals surface area (Å²) in [6, 6.07) is 9.01. The van der Waals surface area contributed by atoms with Crippen LogP contribution in [0.1, 0.15) is 34.3 Å². The second-order valence-electron chi connectivity index (χ2n) is 9.61. The number of primary amides is 1. The smallest absolute Gasteiger partial charge is 0.335 e. The zero-order chi connectivity index (χ0) is 26.1. The van der Waals surface area contributed by atoms with Crippen molar-refractivity contribution in [1.82, 2.24) is 0 Å². The number of nitrogens with two attached hydrogens (primary N) is 1. The number of rotatable bonds is 3. The van der Waals surface area contributed by atoms with Crippen molar-refractivity contribution in [3.05, 3.63) is 58.7 Å². The van der Waals surface area contributed by atoms with Crippen LogP contribution < -0.4 is 5.73 Å². The quantitative estimate of drug-likeness (QED) is 0.337. The number of aliphatic hydroxyl groups excluding tert-OH is 2. The maximum atomic E-state index is 13.5. The number of aliphatic hydroxyl groups is 3. The molecule has 2 aromatic carbocycles. The number of carboxylic acids is 1. The lowest BCUT2D eigenvalue weighted by molar-refractivity contribution is -0.174. The van der Waals surface area contributed by atoms with Crippen molar-refractivity contribution in [2.75, 3.05) is 0 Å². The number of amides is 1. The summed E-state index contributed by atoms with van der Waals surface area (Å²) >= 11 is 0. The van der Waals surface area contributed by atoms with Gasteiger partial charge in [0, 0.05) is 11.5 Å². The molecule has 0 aromatic heterocycles. The summed E-state index contributed by atoms with van der Waals surface area (Å²) in [4.78, 5) is 49.8. The first-order chi connectivity index (χ1) is 17.0. The van der Waals surface area contributed by atoms with Gasteiger partial charge >= 0.3 is 5.97 Å². The van der Waals surface area contributed by atoms with Crippen LogP contribution in [0.3, 0.4) is 0 Å². The lowest BCUT2D eigenvalue weighted by Gasteiger charge is -2.48. The number of Topliss-reactive ketones (excluding diaryl/α,β-unsaturated/α-hetero) is 2. The molecule has 0 radical (unpaired) electrons. The number of fused-ring (bicyclic) bond motifs is 3. The minimum Gasteiger partial charge on any atom is -0.507 e. The van der Waals surface area contributed by atoms with Gasteiger partial charge in [0.1, 0.15) is 17.4 Å². The van der Waals surface area contributed by atoms with Crippen molar-refractivity contribution in [1.29, 1.82) is 0 Å². The molecule has 36 heavy (non-hydrogen) atoms. The van der Waals surface area contributed by atoms with Crippen molar-refractivity contribution in [3.63, 3.8) is 0 Å². The molecule has 0 heterocycles.